The molecule has 6 nitrogen and oxygen atoms in total. The minimum absolute atomic E-state index is 0.299. The Kier molecular flexibility index (Phi) is 17.4. The first-order valence-electron chi connectivity index (χ1n) is 36.5. The van der Waals surface area contributed by atoms with Crippen LogP contribution in [0.5, 0.6) is 0 Å². The highest BCUT2D eigenvalue weighted by atomic mass is 32.2. The number of aryl methyl sites for hydroxylation is 8. The van der Waals surface area contributed by atoms with E-state index in [1.807, 2.05) is 188 Å². The van der Waals surface area contributed by atoms with Crippen LogP contribution < -0.4 is 22.2 Å². The van der Waals surface area contributed by atoms with E-state index < -0.39 is 0 Å². The van der Waals surface area contributed by atoms with Crippen LogP contribution in [0, 0.1) is 55.4 Å². The van der Waals surface area contributed by atoms with Gasteiger partial charge in [-0.2, -0.15) is 0 Å². The fraction of sp³-hybridized carbons (Fsp3) is 0.0870. The average molecular weight is 1770 g/mol. The molecule has 0 fully saturated rings. The molecule has 0 spiro atoms. The smallest absolute Gasteiger partial charge is 0.266 e. The zero-order chi connectivity index (χ0) is 77.1. The summed E-state index contributed by atoms with van der Waals surface area (Å²) in [5.41, 5.74) is 7.41. The Bertz CT molecular complexity index is 7870. The van der Waals surface area contributed by atoms with Gasteiger partial charge in [-0.3, -0.25) is 19.2 Å². The van der Waals surface area contributed by atoms with E-state index in [-0.39, 0.29) is 22.2 Å². The minimum Gasteiger partial charge on any atom is -0.268 e. The molecule has 0 aliphatic heterocycles. The fourth-order valence-electron chi connectivity index (χ4n) is 15.7. The van der Waals surface area contributed by atoms with Gasteiger partial charge in [0.25, 0.3) is 22.2 Å². The molecule has 0 saturated carbocycles. The van der Waals surface area contributed by atoms with Crippen LogP contribution in [0.1, 0.15) is 40.4 Å². The van der Waals surface area contributed by atoms with Crippen molar-refractivity contribution in [3.05, 3.63) is 276 Å². The third-order valence-corrected chi connectivity index (χ3v) is 40.4. The van der Waals surface area contributed by atoms with Crippen molar-refractivity contribution in [2.45, 2.75) is 55.4 Å². The van der Waals surface area contributed by atoms with Crippen molar-refractivity contribution in [2.75, 3.05) is 0 Å². The Labute approximate surface area is 715 Å². The number of thiophene rings is 16. The topological polar surface area (TPSA) is 78.1 Å². The predicted octanol–water partition coefficient (Wildman–Crippen LogP) is 31.7. The van der Waals surface area contributed by atoms with Gasteiger partial charge in [0, 0.05) is 180 Å². The van der Waals surface area contributed by atoms with Gasteiger partial charge in [-0.25, -0.2) is 9.13 Å². The van der Waals surface area contributed by atoms with Gasteiger partial charge in [0.15, 0.2) is 0 Å². The summed E-state index contributed by atoms with van der Waals surface area (Å²) in [6.45, 7) is 17.5. The largest absolute Gasteiger partial charge is 0.268 e. The van der Waals surface area contributed by atoms with E-state index in [4.69, 9.17) is 0 Å². The molecule has 4 aromatic carbocycles. The van der Waals surface area contributed by atoms with Crippen LogP contribution in [0.25, 0.3) is 202 Å². The van der Waals surface area contributed by atoms with E-state index in [1.165, 1.54) is 150 Å². The van der Waals surface area contributed by atoms with Gasteiger partial charge in [0.1, 0.15) is 0 Å². The molecule has 18 heterocycles. The third-order valence-electron chi connectivity index (χ3n) is 21.1. The summed E-state index contributed by atoms with van der Waals surface area (Å²) in [7, 11) is 0. The number of hydrogen-bond donors (Lipinski definition) is 0. The molecular weight excluding hydrogens is 1710 g/mol. The maximum absolute atomic E-state index is 15.4. The molecule has 114 heavy (non-hydrogen) atoms. The second-order valence-electron chi connectivity index (χ2n) is 28.6. The highest BCUT2D eigenvalue weighted by Crippen LogP contribution is 2.59. The highest BCUT2D eigenvalue weighted by Gasteiger charge is 2.30. The van der Waals surface area contributed by atoms with Crippen LogP contribution in [0.2, 0.25) is 0 Å². The number of para-hydroxylation sites is 2. The number of rotatable bonds is 13. The lowest BCUT2D eigenvalue weighted by Gasteiger charge is -2.09. The Balaban J connectivity index is 0.655. The van der Waals surface area contributed by atoms with Gasteiger partial charge < -0.3 is 0 Å². The molecule has 0 atom stereocenters. The predicted molar refractivity (Wildman–Crippen MR) is 514 cm³/mol. The molecule has 0 bridgehead atoms. The molecule has 0 amide bonds. The van der Waals surface area contributed by atoms with Crippen molar-refractivity contribution in [2.24, 2.45) is 0 Å². The Morgan fingerprint density at radius 3 is 0.825 bits per heavy atom. The lowest BCUT2D eigenvalue weighted by Crippen LogP contribution is -2.28. The fourth-order valence-corrected chi connectivity index (χ4v) is 34.2. The second-order valence-corrected chi connectivity index (χ2v) is 46.8. The lowest BCUT2D eigenvalue weighted by atomic mass is 9.99. The first-order chi connectivity index (χ1) is 55.4. The summed E-state index contributed by atoms with van der Waals surface area (Å²) in [5, 5.41) is 7.19. The second kappa shape index (κ2) is 27.5. The molecule has 554 valence electrons. The number of nitrogens with zero attached hydrogens (tertiary/aromatic N) is 2. The summed E-state index contributed by atoms with van der Waals surface area (Å²) in [6.07, 6.45) is 0. The summed E-state index contributed by atoms with van der Waals surface area (Å²) in [4.78, 5) is 88.1. The van der Waals surface area contributed by atoms with Crippen LogP contribution in [-0.2, 0) is 0 Å². The lowest BCUT2D eigenvalue weighted by molar-refractivity contribution is 0.976. The summed E-state index contributed by atoms with van der Waals surface area (Å²) >= 11 is 28.5. The zero-order valence-corrected chi connectivity index (χ0v) is 74.6. The van der Waals surface area contributed by atoms with Crippen LogP contribution >= 0.6 is 181 Å². The number of fused-ring (bicyclic) bond motifs is 10. The standard InChI is InChI=1S/C92H56N2O4S16/c1-41-31-67(104-48(41)8)73-36-53-78(65-25-21-45(5)101-65)84-54(79(83(53)110-73)66-26-22-46(6)102-66)37-74(111-84)68-32-42(2)80(107-68)75-40-58-88(114-75)87-57(91(97)94(92(58)98)50-17-13-10-14-18-50)39-72(113-87)62-30-28-60(106-62)70-35-52-77(64-24-20-44(4)100-64)81-51(76(82(52)109-70)63-23-19-43(3)99-63)34-69(108-81)59-27-29-61(105-59)71-38-56-86(112-71)85-55(33-47(7)103-85)89(95)93(90(56)96)49-15-11-9-12-16-49/h9-40H,1-8H3. The molecule has 0 unspecified atom stereocenters. The zero-order valence-electron chi connectivity index (χ0n) is 61.5. The van der Waals surface area contributed by atoms with E-state index in [0.29, 0.717) is 32.9 Å². The van der Waals surface area contributed by atoms with Crippen molar-refractivity contribution in [1.82, 2.24) is 9.13 Å². The van der Waals surface area contributed by atoms with Gasteiger partial charge in [-0.1, -0.05) is 36.4 Å². The SMILES string of the molecule is Cc1ccc(-c2c3cc(-c4ccc(-c5cc6c(=O)n(-c7ccccc7)c(=O)c7cc(-c8sc(-c9cc%10c(-c%11ccc(C)s%11)c%11sc(-c%12cc(C)c(C)s%12)cc%11c(-c%11ccc(C)s%11)c%10s9)cc8C)sc7c6s5)s4)sc3c(-c3ccc(C)s3)c3cc(-c4ccc(-c5cc6c(=O)n(-c7ccccc7)c(=O)c7cc(C)sc7c6s5)s4)sc23)s1. The normalized spacial score (nSPS) is 12.2. The quantitative estimate of drug-likeness (QED) is 0.115. The molecular formula is C92H56N2O4S16. The van der Waals surface area contributed by atoms with Crippen LogP contribution in [0.4, 0.5) is 0 Å². The highest BCUT2D eigenvalue weighted by molar-refractivity contribution is 7.36. The number of aromatic nitrogens is 2. The van der Waals surface area contributed by atoms with Crippen LogP contribution in [0.3, 0.4) is 0 Å². The van der Waals surface area contributed by atoms with Crippen molar-refractivity contribution >= 4 is 262 Å². The van der Waals surface area contributed by atoms with E-state index in [1.54, 1.807) is 79.4 Å². The molecule has 0 aliphatic rings. The van der Waals surface area contributed by atoms with Gasteiger partial charge in [0.05, 0.1) is 51.7 Å². The van der Waals surface area contributed by atoms with E-state index in [9.17, 15) is 9.59 Å². The van der Waals surface area contributed by atoms with Gasteiger partial charge in [-0.15, -0.1) is 181 Å². The Hall–Kier alpha value is -8.60. The maximum atomic E-state index is 15.4. The van der Waals surface area contributed by atoms with Gasteiger partial charge in [-0.05, 0) is 224 Å². The number of hydrogen-bond acceptors (Lipinski definition) is 20. The number of benzene rings is 4. The molecule has 22 heteroatoms. The van der Waals surface area contributed by atoms with Gasteiger partial charge in [0.2, 0.25) is 0 Å². The van der Waals surface area contributed by atoms with Crippen molar-refractivity contribution < 1.29 is 0 Å². The Morgan fingerprint density at radius 2 is 0.482 bits per heavy atom. The summed E-state index contributed by atoms with van der Waals surface area (Å²) < 4.78 is 11.2. The first-order valence-corrected chi connectivity index (χ1v) is 49.6. The maximum Gasteiger partial charge on any atom is 0.266 e. The molecule has 0 radical (unpaired) electrons. The molecule has 18 aromatic heterocycles. The monoisotopic (exact) mass is 1760 g/mol. The van der Waals surface area contributed by atoms with Gasteiger partial charge >= 0.3 is 0 Å². The van der Waals surface area contributed by atoms with E-state index in [2.05, 4.69) is 164 Å². The van der Waals surface area contributed by atoms with E-state index >= 15 is 9.59 Å². The van der Waals surface area contributed by atoms with Crippen molar-refractivity contribution in [3.63, 3.8) is 0 Å². The molecule has 0 saturated heterocycles. The van der Waals surface area contributed by atoms with Crippen molar-refractivity contribution in [1.29, 1.82) is 0 Å². The summed E-state index contributed by atoms with van der Waals surface area (Å²) in [5.74, 6) is 0. The first kappa shape index (κ1) is 71.9. The van der Waals surface area contributed by atoms with E-state index in [0.717, 1.165) is 68.3 Å². The average Bonchev–Trinajstić information content (AvgIpc) is 1.56. The molecule has 22 rings (SSSR count). The molecule has 0 aliphatic carbocycles. The Morgan fingerprint density at radius 1 is 0.202 bits per heavy atom. The summed E-state index contributed by atoms with van der Waals surface area (Å²) in [6, 6.07) is 68.2. The molecule has 22 aromatic rings. The van der Waals surface area contributed by atoms with Crippen LogP contribution in [-0.4, -0.2) is 9.13 Å². The van der Waals surface area contributed by atoms with Crippen molar-refractivity contribution in [3.8, 4) is 121 Å². The minimum atomic E-state index is -0.330. The van der Waals surface area contributed by atoms with Crippen LogP contribution in [0.15, 0.2) is 213 Å². The third kappa shape index (κ3) is 11.6. The molecule has 0 N–H and O–H groups in total.